The molecule has 3 aromatic carbocycles. The highest BCUT2D eigenvalue weighted by Crippen LogP contribution is 2.44. The second-order valence-corrected chi connectivity index (χ2v) is 8.16. The molecule has 0 spiro atoms. The molecule has 0 bridgehead atoms. The maximum Gasteiger partial charge on any atom is 0.171 e. The molecule has 1 saturated heterocycles. The molecule has 0 saturated carbocycles. The Morgan fingerprint density at radius 1 is 0.774 bits per heavy atom. The van der Waals surface area contributed by atoms with Gasteiger partial charge in [-0.1, -0.05) is 91.0 Å². The second-order valence-electron chi connectivity index (χ2n) is 8.16. The zero-order chi connectivity index (χ0) is 21.8. The Bertz CT molecular complexity index is 1080. The highest BCUT2D eigenvalue weighted by molar-refractivity contribution is 6.08. The average molecular weight is 412 g/mol. The summed E-state index contributed by atoms with van der Waals surface area (Å²) in [5.41, 5.74) is 0.562. The normalized spacial score (nSPS) is 22.7. The number of hydrogen-bond acceptors (Lipinski definition) is 4. The summed E-state index contributed by atoms with van der Waals surface area (Å²) in [6, 6.07) is 26.8. The Morgan fingerprint density at radius 2 is 1.26 bits per heavy atom. The Kier molecular flexibility index (Phi) is 5.92. The topological polar surface area (TPSA) is 60.4 Å². The molecule has 0 radical (unpaired) electrons. The van der Waals surface area contributed by atoms with Gasteiger partial charge in [-0.15, -0.1) is 0 Å². The van der Waals surface area contributed by atoms with Gasteiger partial charge in [-0.2, -0.15) is 0 Å². The number of carbonyl (C=O) groups is 3. The van der Waals surface area contributed by atoms with Crippen LogP contribution in [0.3, 0.4) is 0 Å². The molecular weight excluding hydrogens is 388 g/mol. The first-order chi connectivity index (χ1) is 15.0. The number of ketones is 3. The molecule has 0 aliphatic carbocycles. The van der Waals surface area contributed by atoms with Crippen LogP contribution in [0.4, 0.5) is 0 Å². The first kappa shape index (κ1) is 20.9. The fourth-order valence-corrected chi connectivity index (χ4v) is 4.34. The Balaban J connectivity index is 1.69. The third-order valence-electron chi connectivity index (χ3n) is 6.03. The van der Waals surface area contributed by atoms with Gasteiger partial charge in [0.15, 0.2) is 17.3 Å². The number of carbonyl (C=O) groups excluding carboxylic acids is 3. The molecule has 3 unspecified atom stereocenters. The smallest absolute Gasteiger partial charge is 0.171 e. The lowest BCUT2D eigenvalue weighted by Crippen LogP contribution is -2.42. The van der Waals surface area contributed by atoms with Gasteiger partial charge >= 0.3 is 0 Å². The first-order valence-corrected chi connectivity index (χ1v) is 10.4. The van der Waals surface area contributed by atoms with Crippen LogP contribution in [-0.4, -0.2) is 30.1 Å². The maximum atomic E-state index is 13.6. The monoisotopic (exact) mass is 412 g/mol. The van der Waals surface area contributed by atoms with E-state index in [0.29, 0.717) is 16.7 Å². The van der Waals surface area contributed by atoms with Crippen LogP contribution in [0.5, 0.6) is 0 Å². The van der Waals surface area contributed by atoms with Crippen molar-refractivity contribution in [3.8, 4) is 0 Å². The fraction of sp³-hybridized carbons (Fsp3) is 0.222. The molecule has 156 valence electrons. The lowest BCUT2D eigenvalue weighted by Gasteiger charge is -2.29. The quantitative estimate of drug-likeness (QED) is 0.510. The van der Waals surface area contributed by atoms with Gasteiger partial charge in [0, 0.05) is 23.1 Å². The van der Waals surface area contributed by atoms with Crippen LogP contribution in [0.2, 0.25) is 0 Å². The SMILES string of the molecule is CC1(C(=O)c2ccccc2)COC(CC(=O)c2ccccc2)C1C(=O)c1ccccc1. The van der Waals surface area contributed by atoms with Gasteiger partial charge in [-0.05, 0) is 6.92 Å². The Hall–Kier alpha value is -3.37. The molecule has 3 aromatic rings. The van der Waals surface area contributed by atoms with Crippen LogP contribution in [0.15, 0.2) is 91.0 Å². The van der Waals surface area contributed by atoms with E-state index in [-0.39, 0.29) is 30.4 Å². The van der Waals surface area contributed by atoms with Crippen LogP contribution < -0.4 is 0 Å². The molecule has 4 heteroatoms. The van der Waals surface area contributed by atoms with Crippen molar-refractivity contribution < 1.29 is 19.1 Å². The summed E-state index contributed by atoms with van der Waals surface area (Å²) in [5, 5.41) is 0. The zero-order valence-electron chi connectivity index (χ0n) is 17.4. The molecule has 0 amide bonds. The van der Waals surface area contributed by atoms with Gasteiger partial charge in [0.05, 0.1) is 24.0 Å². The van der Waals surface area contributed by atoms with Gasteiger partial charge in [-0.3, -0.25) is 14.4 Å². The predicted octanol–water partition coefficient (Wildman–Crippen LogP) is 5.05. The van der Waals surface area contributed by atoms with Crippen LogP contribution >= 0.6 is 0 Å². The summed E-state index contributed by atoms with van der Waals surface area (Å²) in [7, 11) is 0. The molecule has 1 aliphatic heterocycles. The molecule has 3 atom stereocenters. The number of ether oxygens (including phenoxy) is 1. The van der Waals surface area contributed by atoms with E-state index in [0.717, 1.165) is 0 Å². The van der Waals surface area contributed by atoms with Crippen molar-refractivity contribution in [2.45, 2.75) is 19.4 Å². The van der Waals surface area contributed by atoms with Gasteiger partial charge in [0.2, 0.25) is 0 Å². The number of hydrogen-bond donors (Lipinski definition) is 0. The minimum atomic E-state index is -1.06. The lowest BCUT2D eigenvalue weighted by atomic mass is 9.68. The lowest BCUT2D eigenvalue weighted by molar-refractivity contribution is 0.0608. The van der Waals surface area contributed by atoms with Crippen LogP contribution in [0.25, 0.3) is 0 Å². The average Bonchev–Trinajstić information content (AvgIpc) is 3.16. The van der Waals surface area contributed by atoms with Crippen molar-refractivity contribution >= 4 is 17.3 Å². The van der Waals surface area contributed by atoms with E-state index in [2.05, 4.69) is 0 Å². The van der Waals surface area contributed by atoms with Gasteiger partial charge in [0.1, 0.15) is 0 Å². The minimum Gasteiger partial charge on any atom is -0.376 e. The standard InChI is InChI=1S/C27H24O4/c1-27(26(30)21-15-9-4-10-16-21)18-31-23(17-22(28)19-11-5-2-6-12-19)24(27)25(29)20-13-7-3-8-14-20/h2-16,23-24H,17-18H2,1H3. The Labute approximate surface area is 181 Å². The highest BCUT2D eigenvalue weighted by Gasteiger charge is 2.55. The van der Waals surface area contributed by atoms with Gasteiger partial charge in [0.25, 0.3) is 0 Å². The molecule has 0 aromatic heterocycles. The molecule has 1 aliphatic rings. The number of rotatable bonds is 7. The van der Waals surface area contributed by atoms with E-state index in [1.807, 2.05) is 18.2 Å². The summed E-state index contributed by atoms with van der Waals surface area (Å²) >= 11 is 0. The molecular formula is C27H24O4. The molecule has 4 rings (SSSR count). The number of Topliss-reactive ketones (excluding diaryl/α,β-unsaturated/α-hetero) is 3. The van der Waals surface area contributed by atoms with Crippen LogP contribution in [-0.2, 0) is 4.74 Å². The summed E-state index contributed by atoms with van der Waals surface area (Å²) in [5.74, 6) is -1.17. The third kappa shape index (κ3) is 4.12. The van der Waals surface area contributed by atoms with E-state index in [4.69, 9.17) is 4.74 Å². The molecule has 1 fully saturated rings. The first-order valence-electron chi connectivity index (χ1n) is 10.4. The van der Waals surface area contributed by atoms with Gasteiger partial charge in [-0.25, -0.2) is 0 Å². The largest absolute Gasteiger partial charge is 0.376 e. The molecule has 4 nitrogen and oxygen atoms in total. The minimum absolute atomic E-state index is 0.0465. The van der Waals surface area contributed by atoms with Crippen LogP contribution in [0.1, 0.15) is 44.4 Å². The van der Waals surface area contributed by atoms with Crippen molar-refractivity contribution in [3.05, 3.63) is 108 Å². The highest BCUT2D eigenvalue weighted by atomic mass is 16.5. The predicted molar refractivity (Wildman–Crippen MR) is 118 cm³/mol. The fourth-order valence-electron chi connectivity index (χ4n) is 4.34. The summed E-state index contributed by atoms with van der Waals surface area (Å²) < 4.78 is 6.00. The third-order valence-corrected chi connectivity index (χ3v) is 6.03. The van der Waals surface area contributed by atoms with Crippen molar-refractivity contribution in [3.63, 3.8) is 0 Å². The molecule has 1 heterocycles. The van der Waals surface area contributed by atoms with E-state index < -0.39 is 17.4 Å². The van der Waals surface area contributed by atoms with E-state index in [1.54, 1.807) is 79.7 Å². The van der Waals surface area contributed by atoms with Crippen molar-refractivity contribution in [2.24, 2.45) is 11.3 Å². The summed E-state index contributed by atoms with van der Waals surface area (Å²) in [6.07, 6.45) is -0.622. The van der Waals surface area contributed by atoms with Gasteiger partial charge < -0.3 is 4.74 Å². The van der Waals surface area contributed by atoms with E-state index in [1.165, 1.54) is 0 Å². The summed E-state index contributed by atoms with van der Waals surface area (Å²) in [4.78, 5) is 40.0. The molecule has 0 N–H and O–H groups in total. The maximum absolute atomic E-state index is 13.6. The summed E-state index contributed by atoms with van der Waals surface area (Å²) in [6.45, 7) is 1.87. The number of benzene rings is 3. The van der Waals surface area contributed by atoms with Crippen LogP contribution in [0, 0.1) is 11.3 Å². The van der Waals surface area contributed by atoms with Crippen molar-refractivity contribution in [1.29, 1.82) is 0 Å². The van der Waals surface area contributed by atoms with Crippen molar-refractivity contribution in [1.82, 2.24) is 0 Å². The zero-order valence-corrected chi connectivity index (χ0v) is 17.4. The van der Waals surface area contributed by atoms with E-state index >= 15 is 0 Å². The van der Waals surface area contributed by atoms with Crippen molar-refractivity contribution in [2.75, 3.05) is 6.61 Å². The Morgan fingerprint density at radius 3 is 1.81 bits per heavy atom. The molecule has 31 heavy (non-hydrogen) atoms. The second kappa shape index (κ2) is 8.78. The van der Waals surface area contributed by atoms with E-state index in [9.17, 15) is 14.4 Å².